The van der Waals surface area contributed by atoms with E-state index in [-0.39, 0.29) is 17.7 Å². The Morgan fingerprint density at radius 1 is 1.04 bits per heavy atom. The van der Waals surface area contributed by atoms with Gasteiger partial charge >= 0.3 is 0 Å². The Balaban J connectivity index is 1.31. The van der Waals surface area contributed by atoms with Crippen LogP contribution in [0.4, 0.5) is 0 Å². The molecule has 1 aromatic heterocycles. The SMILES string of the molecule is O=C(NCc1ccco1)c1cccc(CNC(=O)C2CC3CCC2C3)c1. The molecule has 0 saturated heterocycles. The lowest BCUT2D eigenvalue weighted by Crippen LogP contribution is -2.33. The van der Waals surface area contributed by atoms with Crippen LogP contribution in [0.15, 0.2) is 47.1 Å². The minimum atomic E-state index is -0.150. The summed E-state index contributed by atoms with van der Waals surface area (Å²) in [5.41, 5.74) is 1.52. The highest BCUT2D eigenvalue weighted by Gasteiger charge is 2.42. The number of furan rings is 1. The van der Waals surface area contributed by atoms with Gasteiger partial charge in [-0.1, -0.05) is 18.6 Å². The maximum atomic E-state index is 12.5. The number of nitrogens with one attached hydrogen (secondary N) is 2. The van der Waals surface area contributed by atoms with Crippen molar-refractivity contribution in [2.24, 2.45) is 17.8 Å². The van der Waals surface area contributed by atoms with Crippen LogP contribution in [0.3, 0.4) is 0 Å². The number of fused-ring (bicyclic) bond motifs is 2. The number of rotatable bonds is 6. The Morgan fingerprint density at radius 2 is 1.96 bits per heavy atom. The molecule has 0 spiro atoms. The Labute approximate surface area is 153 Å². The lowest BCUT2D eigenvalue weighted by atomic mass is 9.88. The van der Waals surface area contributed by atoms with Gasteiger partial charge in [-0.25, -0.2) is 0 Å². The van der Waals surface area contributed by atoms with Gasteiger partial charge in [0.15, 0.2) is 0 Å². The first-order valence-corrected chi connectivity index (χ1v) is 9.36. The zero-order valence-electron chi connectivity index (χ0n) is 14.7. The van der Waals surface area contributed by atoms with Gasteiger partial charge in [0.2, 0.25) is 5.91 Å². The van der Waals surface area contributed by atoms with Crippen LogP contribution in [0.2, 0.25) is 0 Å². The van der Waals surface area contributed by atoms with Gasteiger partial charge in [-0.2, -0.15) is 0 Å². The minimum Gasteiger partial charge on any atom is -0.467 e. The van der Waals surface area contributed by atoms with Crippen molar-refractivity contribution >= 4 is 11.8 Å². The number of amides is 2. The van der Waals surface area contributed by atoms with Gasteiger partial charge in [0, 0.05) is 18.0 Å². The lowest BCUT2D eigenvalue weighted by molar-refractivity contribution is -0.126. The molecule has 136 valence electrons. The number of carbonyl (C=O) groups is 2. The molecule has 5 heteroatoms. The topological polar surface area (TPSA) is 71.3 Å². The van der Waals surface area contributed by atoms with Crippen LogP contribution in [-0.2, 0) is 17.9 Å². The molecule has 2 aliphatic rings. The van der Waals surface area contributed by atoms with E-state index in [9.17, 15) is 9.59 Å². The van der Waals surface area contributed by atoms with E-state index in [4.69, 9.17) is 4.42 Å². The van der Waals surface area contributed by atoms with Gasteiger partial charge in [0.25, 0.3) is 5.91 Å². The summed E-state index contributed by atoms with van der Waals surface area (Å²) < 4.78 is 5.22. The Hall–Kier alpha value is -2.56. The zero-order valence-corrected chi connectivity index (χ0v) is 14.7. The molecule has 2 aliphatic carbocycles. The highest BCUT2D eigenvalue weighted by Crippen LogP contribution is 2.48. The normalized spacial score (nSPS) is 23.8. The predicted octanol–water partition coefficient (Wildman–Crippen LogP) is 3.26. The zero-order chi connectivity index (χ0) is 17.9. The quantitative estimate of drug-likeness (QED) is 0.838. The molecule has 3 atom stereocenters. The summed E-state index contributed by atoms with van der Waals surface area (Å²) in [4.78, 5) is 24.7. The van der Waals surface area contributed by atoms with E-state index in [1.165, 1.54) is 19.3 Å². The van der Waals surface area contributed by atoms with Gasteiger partial charge in [-0.05, 0) is 60.9 Å². The summed E-state index contributed by atoms with van der Waals surface area (Å²) in [6, 6.07) is 11.0. The van der Waals surface area contributed by atoms with Gasteiger partial charge in [0.1, 0.15) is 5.76 Å². The lowest BCUT2D eigenvalue weighted by Gasteiger charge is -2.20. The maximum absolute atomic E-state index is 12.5. The molecular weight excluding hydrogens is 328 g/mol. The van der Waals surface area contributed by atoms with Crippen molar-refractivity contribution in [2.45, 2.75) is 38.8 Å². The minimum absolute atomic E-state index is 0.150. The summed E-state index contributed by atoms with van der Waals surface area (Å²) in [5, 5.41) is 5.90. The van der Waals surface area contributed by atoms with Gasteiger partial charge in [-0.15, -0.1) is 0 Å². The van der Waals surface area contributed by atoms with Crippen LogP contribution >= 0.6 is 0 Å². The van der Waals surface area contributed by atoms with Gasteiger partial charge in [-0.3, -0.25) is 9.59 Å². The van der Waals surface area contributed by atoms with Crippen LogP contribution in [0.1, 0.15) is 47.4 Å². The molecule has 1 heterocycles. The van der Waals surface area contributed by atoms with Crippen LogP contribution in [0.5, 0.6) is 0 Å². The predicted molar refractivity (Wildman–Crippen MR) is 97.1 cm³/mol. The summed E-state index contributed by atoms with van der Waals surface area (Å²) in [6.07, 6.45) is 6.35. The average Bonchev–Trinajstić information content (AvgIpc) is 3.42. The van der Waals surface area contributed by atoms with E-state index in [0.717, 1.165) is 17.9 Å². The monoisotopic (exact) mass is 352 g/mol. The second-order valence-electron chi connectivity index (χ2n) is 7.46. The summed E-state index contributed by atoms with van der Waals surface area (Å²) in [7, 11) is 0. The third-order valence-electron chi connectivity index (χ3n) is 5.73. The van der Waals surface area contributed by atoms with Crippen LogP contribution in [0, 0.1) is 17.8 Å². The Morgan fingerprint density at radius 3 is 2.69 bits per heavy atom. The van der Waals surface area contributed by atoms with E-state index in [1.54, 1.807) is 18.4 Å². The fourth-order valence-electron chi connectivity index (χ4n) is 4.39. The van der Waals surface area contributed by atoms with Crippen molar-refractivity contribution in [3.8, 4) is 0 Å². The molecule has 1 aromatic carbocycles. The third kappa shape index (κ3) is 3.66. The number of hydrogen-bond acceptors (Lipinski definition) is 3. The Kier molecular flexibility index (Phi) is 4.78. The maximum Gasteiger partial charge on any atom is 0.251 e. The van der Waals surface area contributed by atoms with Crippen molar-refractivity contribution in [3.05, 3.63) is 59.5 Å². The summed E-state index contributed by atoms with van der Waals surface area (Å²) in [5.74, 6) is 2.27. The second kappa shape index (κ2) is 7.36. The van der Waals surface area contributed by atoms with Gasteiger partial charge in [0.05, 0.1) is 12.8 Å². The number of hydrogen-bond donors (Lipinski definition) is 2. The molecule has 0 aliphatic heterocycles. The number of carbonyl (C=O) groups excluding carboxylic acids is 2. The van der Waals surface area contributed by atoms with Crippen LogP contribution < -0.4 is 10.6 Å². The van der Waals surface area contributed by atoms with Crippen LogP contribution in [-0.4, -0.2) is 11.8 Å². The smallest absolute Gasteiger partial charge is 0.251 e. The van der Waals surface area contributed by atoms with Crippen molar-refractivity contribution in [1.29, 1.82) is 0 Å². The standard InChI is InChI=1S/C21H24N2O3/c24-20(23-13-18-5-2-8-26-18)17-4-1-3-15(10-17)12-22-21(25)19-11-14-6-7-16(19)9-14/h1-5,8,10,14,16,19H,6-7,9,11-13H2,(H,22,25)(H,23,24). The molecule has 5 nitrogen and oxygen atoms in total. The average molecular weight is 352 g/mol. The van der Waals surface area contributed by atoms with Crippen LogP contribution in [0.25, 0.3) is 0 Å². The van der Waals surface area contributed by atoms with E-state index < -0.39 is 0 Å². The van der Waals surface area contributed by atoms with Crippen molar-refractivity contribution in [3.63, 3.8) is 0 Å². The molecule has 2 aromatic rings. The molecule has 0 radical (unpaired) electrons. The molecule has 3 unspecified atom stereocenters. The van der Waals surface area contributed by atoms with Crippen molar-refractivity contribution in [2.75, 3.05) is 0 Å². The molecule has 2 saturated carbocycles. The highest BCUT2D eigenvalue weighted by atomic mass is 16.3. The first kappa shape index (κ1) is 16.9. The van der Waals surface area contributed by atoms with Crippen molar-refractivity contribution in [1.82, 2.24) is 10.6 Å². The van der Waals surface area contributed by atoms with E-state index in [2.05, 4.69) is 10.6 Å². The largest absolute Gasteiger partial charge is 0.467 e. The molecule has 2 amide bonds. The van der Waals surface area contributed by atoms with Gasteiger partial charge < -0.3 is 15.1 Å². The molecule has 26 heavy (non-hydrogen) atoms. The fourth-order valence-corrected chi connectivity index (χ4v) is 4.39. The highest BCUT2D eigenvalue weighted by molar-refractivity contribution is 5.94. The number of benzene rings is 1. The molecule has 4 rings (SSSR count). The molecule has 2 bridgehead atoms. The first-order chi connectivity index (χ1) is 12.7. The third-order valence-corrected chi connectivity index (χ3v) is 5.73. The fraction of sp³-hybridized carbons (Fsp3) is 0.429. The summed E-state index contributed by atoms with van der Waals surface area (Å²) in [6.45, 7) is 0.822. The first-order valence-electron chi connectivity index (χ1n) is 9.36. The second-order valence-corrected chi connectivity index (χ2v) is 7.46. The molecule has 2 fully saturated rings. The molecular formula is C21H24N2O3. The van der Waals surface area contributed by atoms with E-state index in [1.807, 2.05) is 24.3 Å². The Bertz CT molecular complexity index is 784. The molecule has 2 N–H and O–H groups in total. The van der Waals surface area contributed by atoms with E-state index >= 15 is 0 Å². The summed E-state index contributed by atoms with van der Waals surface area (Å²) >= 11 is 0. The van der Waals surface area contributed by atoms with Crippen molar-refractivity contribution < 1.29 is 14.0 Å². The van der Waals surface area contributed by atoms with E-state index in [0.29, 0.717) is 30.3 Å².